The molecule has 1 amide bonds. The molecule has 3 aromatic carbocycles. The molecule has 0 fully saturated rings. The summed E-state index contributed by atoms with van der Waals surface area (Å²) in [5.41, 5.74) is 7.38. The maximum Gasteiger partial charge on any atom is 0.266 e. The van der Waals surface area contributed by atoms with Gasteiger partial charge in [-0.3, -0.25) is 10.2 Å². The molecule has 2 atom stereocenters. The number of rotatable bonds is 13. The van der Waals surface area contributed by atoms with Gasteiger partial charge in [-0.15, -0.1) is 0 Å². The first kappa shape index (κ1) is 29.6. The maximum atomic E-state index is 13.6. The summed E-state index contributed by atoms with van der Waals surface area (Å²) in [5.74, 6) is 0.785. The molecule has 3 aromatic rings. The minimum Gasteiger partial charge on any atom is -0.494 e. The maximum absolute atomic E-state index is 13.6. The third kappa shape index (κ3) is 7.64. The number of aliphatic hydroxyl groups excluding tert-OH is 1. The standard InChI is InChI=1S/C31H33Cl2N3O4/c1-22-31(17-5-9-23-7-3-2-4-8-23,30(38)36-34-18-16-24-10-13-26(32)21-28(24)33)35-29(40-22)25-11-14-27(15-12-25)39-20-6-19-37/h2-5,7-15,21-22,34,37H,6,16-20H2,1H3,(H,36,38)/b9-5+/t22-,31-/m0/s1. The number of hydrogen-bond donors (Lipinski definition) is 3. The third-order valence-electron chi connectivity index (χ3n) is 6.60. The van der Waals surface area contributed by atoms with Crippen molar-refractivity contribution in [3.8, 4) is 5.75 Å². The van der Waals surface area contributed by atoms with Gasteiger partial charge in [0.1, 0.15) is 11.9 Å². The van der Waals surface area contributed by atoms with Crippen LogP contribution < -0.4 is 15.6 Å². The van der Waals surface area contributed by atoms with Crippen LogP contribution in [0, 0.1) is 0 Å². The summed E-state index contributed by atoms with van der Waals surface area (Å²) >= 11 is 12.3. The number of carbonyl (C=O) groups excluding carboxylic acids is 1. The lowest BCUT2D eigenvalue weighted by Crippen LogP contribution is -2.54. The molecule has 1 aliphatic rings. The minimum atomic E-state index is -1.18. The minimum absolute atomic E-state index is 0.0766. The highest BCUT2D eigenvalue weighted by Crippen LogP contribution is 2.33. The second-order valence-electron chi connectivity index (χ2n) is 9.44. The van der Waals surface area contributed by atoms with E-state index in [1.807, 2.05) is 79.7 Å². The van der Waals surface area contributed by atoms with Gasteiger partial charge in [0, 0.05) is 41.6 Å². The number of halogens is 2. The lowest BCUT2D eigenvalue weighted by atomic mass is 9.89. The molecule has 0 saturated heterocycles. The van der Waals surface area contributed by atoms with Crippen molar-refractivity contribution in [1.82, 2.24) is 10.9 Å². The number of nitrogens with zero attached hydrogens (tertiary/aromatic N) is 1. The number of aliphatic hydroxyl groups is 1. The van der Waals surface area contributed by atoms with E-state index in [1.54, 1.807) is 12.1 Å². The highest BCUT2D eigenvalue weighted by Gasteiger charge is 2.49. The quantitative estimate of drug-likeness (QED) is 0.180. The SMILES string of the molecule is C[C@@H]1OC(c2ccc(OCCCO)cc2)=N[C@]1(C/C=C/c1ccccc1)C(=O)NNCCc1ccc(Cl)cc1Cl. The average Bonchev–Trinajstić information content (AvgIpc) is 3.30. The van der Waals surface area contributed by atoms with Gasteiger partial charge in [0.15, 0.2) is 5.54 Å². The Morgan fingerprint density at radius 1 is 1.12 bits per heavy atom. The molecule has 0 saturated carbocycles. The van der Waals surface area contributed by atoms with E-state index >= 15 is 0 Å². The smallest absolute Gasteiger partial charge is 0.266 e. The van der Waals surface area contributed by atoms with Gasteiger partial charge in [-0.1, -0.05) is 71.8 Å². The van der Waals surface area contributed by atoms with Crippen molar-refractivity contribution in [3.63, 3.8) is 0 Å². The molecular weight excluding hydrogens is 549 g/mol. The Bertz CT molecular complexity index is 1330. The van der Waals surface area contributed by atoms with E-state index < -0.39 is 11.6 Å². The molecule has 0 aliphatic carbocycles. The van der Waals surface area contributed by atoms with Gasteiger partial charge >= 0.3 is 0 Å². The highest BCUT2D eigenvalue weighted by atomic mass is 35.5. The van der Waals surface area contributed by atoms with Crippen molar-refractivity contribution < 1.29 is 19.4 Å². The molecule has 0 spiro atoms. The number of hydrazine groups is 1. The molecule has 4 rings (SSSR count). The van der Waals surface area contributed by atoms with Gasteiger partial charge in [0.25, 0.3) is 5.91 Å². The molecule has 0 unspecified atom stereocenters. The van der Waals surface area contributed by atoms with E-state index in [1.165, 1.54) is 0 Å². The van der Waals surface area contributed by atoms with Crippen LogP contribution in [0.4, 0.5) is 0 Å². The Hall–Kier alpha value is -3.36. The number of hydrogen-bond acceptors (Lipinski definition) is 6. The van der Waals surface area contributed by atoms with E-state index in [-0.39, 0.29) is 12.5 Å². The van der Waals surface area contributed by atoms with Crippen LogP contribution in [0.3, 0.4) is 0 Å². The summed E-state index contributed by atoms with van der Waals surface area (Å²) in [5, 5.41) is 10.1. The van der Waals surface area contributed by atoms with E-state index in [2.05, 4.69) is 10.9 Å². The van der Waals surface area contributed by atoms with Crippen molar-refractivity contribution in [2.45, 2.75) is 37.8 Å². The van der Waals surface area contributed by atoms with E-state index in [4.69, 9.17) is 42.8 Å². The number of benzene rings is 3. The van der Waals surface area contributed by atoms with Gasteiger partial charge in [0.2, 0.25) is 5.90 Å². The fourth-order valence-corrected chi connectivity index (χ4v) is 4.80. The van der Waals surface area contributed by atoms with Crippen LogP contribution in [0.15, 0.2) is 83.9 Å². The van der Waals surface area contributed by atoms with Crippen LogP contribution in [0.25, 0.3) is 6.08 Å². The highest BCUT2D eigenvalue weighted by molar-refractivity contribution is 6.35. The first-order valence-corrected chi connectivity index (χ1v) is 14.0. The summed E-state index contributed by atoms with van der Waals surface area (Å²) < 4.78 is 11.8. The monoisotopic (exact) mass is 581 g/mol. The second-order valence-corrected chi connectivity index (χ2v) is 10.3. The predicted molar refractivity (Wildman–Crippen MR) is 160 cm³/mol. The molecule has 1 aliphatic heterocycles. The zero-order valence-corrected chi connectivity index (χ0v) is 23.8. The largest absolute Gasteiger partial charge is 0.494 e. The summed E-state index contributed by atoms with van der Waals surface area (Å²) in [6.45, 7) is 2.82. The lowest BCUT2D eigenvalue weighted by molar-refractivity contribution is -0.129. The first-order valence-electron chi connectivity index (χ1n) is 13.2. The van der Waals surface area contributed by atoms with Crippen LogP contribution in [0.1, 0.15) is 36.5 Å². The van der Waals surface area contributed by atoms with Crippen molar-refractivity contribution >= 4 is 41.1 Å². The van der Waals surface area contributed by atoms with Crippen molar-refractivity contribution in [3.05, 3.63) is 106 Å². The molecule has 0 bridgehead atoms. The van der Waals surface area contributed by atoms with Crippen molar-refractivity contribution in [2.24, 2.45) is 4.99 Å². The molecule has 40 heavy (non-hydrogen) atoms. The zero-order valence-electron chi connectivity index (χ0n) is 22.3. The number of nitrogens with one attached hydrogen (secondary N) is 2. The summed E-state index contributed by atoms with van der Waals surface area (Å²) in [4.78, 5) is 18.5. The van der Waals surface area contributed by atoms with Gasteiger partial charge in [-0.05, 0) is 60.9 Å². The van der Waals surface area contributed by atoms with Gasteiger partial charge in [-0.2, -0.15) is 0 Å². The molecule has 210 valence electrons. The topological polar surface area (TPSA) is 92.2 Å². The van der Waals surface area contributed by atoms with Crippen LogP contribution >= 0.6 is 23.2 Å². The summed E-state index contributed by atoms with van der Waals surface area (Å²) in [6, 6.07) is 22.6. The molecule has 0 radical (unpaired) electrons. The zero-order chi connectivity index (χ0) is 28.4. The Morgan fingerprint density at radius 2 is 1.90 bits per heavy atom. The van der Waals surface area contributed by atoms with Gasteiger partial charge in [0.05, 0.1) is 6.61 Å². The lowest BCUT2D eigenvalue weighted by Gasteiger charge is -2.27. The fraction of sp³-hybridized carbons (Fsp3) is 0.290. The normalized spacial score (nSPS) is 18.4. The van der Waals surface area contributed by atoms with Crippen molar-refractivity contribution in [2.75, 3.05) is 19.8 Å². The second kappa shape index (κ2) is 14.3. The number of amides is 1. The summed E-state index contributed by atoms with van der Waals surface area (Å²) in [6.07, 6.45) is 4.91. The van der Waals surface area contributed by atoms with E-state index in [0.29, 0.717) is 54.1 Å². The molecule has 3 N–H and O–H groups in total. The molecule has 1 heterocycles. The Kier molecular flexibility index (Phi) is 10.6. The Balaban J connectivity index is 1.49. The molecule has 7 nitrogen and oxygen atoms in total. The molecular formula is C31H33Cl2N3O4. The van der Waals surface area contributed by atoms with Gasteiger partial charge in [-0.25, -0.2) is 10.4 Å². The molecule has 9 heteroatoms. The number of ether oxygens (including phenoxy) is 2. The van der Waals surface area contributed by atoms with Crippen LogP contribution in [-0.2, 0) is 16.0 Å². The first-order chi connectivity index (χ1) is 19.4. The van der Waals surface area contributed by atoms with Crippen molar-refractivity contribution in [1.29, 1.82) is 0 Å². The Labute approximate surface area is 244 Å². The average molecular weight is 583 g/mol. The Morgan fingerprint density at radius 3 is 2.62 bits per heavy atom. The van der Waals surface area contributed by atoms with E-state index in [9.17, 15) is 4.79 Å². The van der Waals surface area contributed by atoms with Crippen LogP contribution in [-0.4, -0.2) is 48.3 Å². The number of aliphatic imine (C=N–C) groups is 1. The van der Waals surface area contributed by atoms with Crippen LogP contribution in [0.2, 0.25) is 10.0 Å². The van der Waals surface area contributed by atoms with Gasteiger partial charge < -0.3 is 14.6 Å². The number of carbonyl (C=O) groups is 1. The summed E-state index contributed by atoms with van der Waals surface area (Å²) in [7, 11) is 0. The fourth-order valence-electron chi connectivity index (χ4n) is 4.30. The van der Waals surface area contributed by atoms with Crippen LogP contribution in [0.5, 0.6) is 5.75 Å². The predicted octanol–water partition coefficient (Wildman–Crippen LogP) is 5.63. The molecule has 0 aromatic heterocycles. The van der Waals surface area contributed by atoms with E-state index in [0.717, 1.165) is 16.7 Å². The third-order valence-corrected chi connectivity index (χ3v) is 7.19.